The molecule has 23 heavy (non-hydrogen) atoms. The van der Waals surface area contributed by atoms with Crippen molar-refractivity contribution in [3.05, 3.63) is 42.5 Å². The van der Waals surface area contributed by atoms with Crippen molar-refractivity contribution in [2.75, 3.05) is 11.1 Å². The molecule has 0 bridgehead atoms. The number of nitrogens with zero attached hydrogens (tertiary/aromatic N) is 1. The third-order valence-electron chi connectivity index (χ3n) is 3.19. The molecule has 0 aliphatic carbocycles. The van der Waals surface area contributed by atoms with Crippen molar-refractivity contribution in [2.45, 2.75) is 6.42 Å². The van der Waals surface area contributed by atoms with Gasteiger partial charge in [0.05, 0.1) is 5.75 Å². The van der Waals surface area contributed by atoms with Gasteiger partial charge in [0.25, 0.3) is 5.91 Å². The zero-order valence-electron chi connectivity index (χ0n) is 12.0. The molecule has 2 N–H and O–H groups in total. The summed E-state index contributed by atoms with van der Waals surface area (Å²) in [6, 6.07) is 13.4. The molecule has 0 atom stereocenters. The van der Waals surface area contributed by atoms with Gasteiger partial charge >= 0.3 is 0 Å². The second kappa shape index (κ2) is 6.62. The molecule has 2 aromatic rings. The smallest absolute Gasteiger partial charge is 0.257 e. The number of rotatable bonds is 3. The Labute approximate surface area is 136 Å². The van der Waals surface area contributed by atoms with Crippen molar-refractivity contribution in [1.82, 2.24) is 5.32 Å². The fourth-order valence-corrected chi connectivity index (χ4v) is 2.90. The number of hydrogen-bond acceptors (Lipinski definition) is 4. The van der Waals surface area contributed by atoms with Gasteiger partial charge in [0.2, 0.25) is 11.8 Å². The minimum Gasteiger partial charge on any atom is -0.325 e. The van der Waals surface area contributed by atoms with Gasteiger partial charge in [-0.1, -0.05) is 48.2 Å². The summed E-state index contributed by atoms with van der Waals surface area (Å²) < 4.78 is 0. The van der Waals surface area contributed by atoms with Crippen LogP contribution < -0.4 is 10.6 Å². The van der Waals surface area contributed by atoms with E-state index in [1.54, 1.807) is 0 Å². The molecule has 1 heterocycles. The van der Waals surface area contributed by atoms with E-state index >= 15 is 0 Å². The summed E-state index contributed by atoms with van der Waals surface area (Å²) in [6.45, 7) is 0. The molecule has 0 unspecified atom stereocenters. The Morgan fingerprint density at radius 3 is 2.78 bits per heavy atom. The number of hydrogen-bond donors (Lipinski definition) is 2. The Hall–Kier alpha value is -2.67. The van der Waals surface area contributed by atoms with Crippen LogP contribution in [0.5, 0.6) is 0 Å². The summed E-state index contributed by atoms with van der Waals surface area (Å²) in [4.78, 5) is 38.2. The molecule has 6 nitrogen and oxygen atoms in total. The minimum atomic E-state index is -0.495. The van der Waals surface area contributed by atoms with Gasteiger partial charge in [0, 0.05) is 11.1 Å². The molecule has 0 saturated carbocycles. The van der Waals surface area contributed by atoms with Crippen molar-refractivity contribution >= 4 is 51.1 Å². The first-order valence-electron chi connectivity index (χ1n) is 6.93. The lowest BCUT2D eigenvalue weighted by Gasteiger charge is -2.12. The third kappa shape index (κ3) is 3.75. The topological polar surface area (TPSA) is 87.6 Å². The number of fused-ring (bicyclic) bond motifs is 1. The van der Waals surface area contributed by atoms with Gasteiger partial charge in [0.15, 0.2) is 5.17 Å². The van der Waals surface area contributed by atoms with E-state index in [0.29, 0.717) is 0 Å². The first-order valence-corrected chi connectivity index (χ1v) is 7.92. The van der Waals surface area contributed by atoms with E-state index in [9.17, 15) is 14.4 Å². The first kappa shape index (κ1) is 15.2. The lowest BCUT2D eigenvalue weighted by Crippen LogP contribution is -2.35. The molecule has 0 aromatic heterocycles. The quantitative estimate of drug-likeness (QED) is 0.843. The Balaban J connectivity index is 1.65. The van der Waals surface area contributed by atoms with Crippen LogP contribution in [-0.4, -0.2) is 28.6 Å². The lowest BCUT2D eigenvalue weighted by molar-refractivity contribution is -0.127. The van der Waals surface area contributed by atoms with E-state index in [-0.39, 0.29) is 23.2 Å². The molecular weight excluding hydrogens is 314 g/mol. The van der Waals surface area contributed by atoms with Crippen molar-refractivity contribution in [3.8, 4) is 0 Å². The van der Waals surface area contributed by atoms with Gasteiger partial charge in [-0.3, -0.25) is 14.4 Å². The van der Waals surface area contributed by atoms with Crippen LogP contribution in [0.25, 0.3) is 10.8 Å². The van der Waals surface area contributed by atoms with Crippen LogP contribution >= 0.6 is 11.8 Å². The number of benzene rings is 2. The van der Waals surface area contributed by atoms with E-state index in [1.165, 1.54) is 0 Å². The fraction of sp³-hybridized carbons (Fsp3) is 0.125. The second-order valence-corrected chi connectivity index (χ2v) is 5.86. The van der Waals surface area contributed by atoms with Gasteiger partial charge in [-0.15, -0.1) is 0 Å². The Morgan fingerprint density at radius 2 is 1.96 bits per heavy atom. The number of nitrogens with one attached hydrogen (secondary N) is 2. The highest BCUT2D eigenvalue weighted by Gasteiger charge is 2.19. The Morgan fingerprint density at radius 1 is 1.17 bits per heavy atom. The number of carbonyl (C=O) groups excluding carboxylic acids is 3. The summed E-state index contributed by atoms with van der Waals surface area (Å²) in [6.07, 6.45) is -0.244. The summed E-state index contributed by atoms with van der Waals surface area (Å²) in [7, 11) is 0. The van der Waals surface area contributed by atoms with E-state index in [0.717, 1.165) is 28.2 Å². The molecule has 0 saturated heterocycles. The molecule has 2 aromatic carbocycles. The van der Waals surface area contributed by atoms with E-state index < -0.39 is 11.8 Å². The molecule has 3 amide bonds. The highest BCUT2D eigenvalue weighted by molar-refractivity contribution is 8.14. The largest absolute Gasteiger partial charge is 0.325 e. The second-order valence-electron chi connectivity index (χ2n) is 4.90. The summed E-state index contributed by atoms with van der Waals surface area (Å²) >= 11 is 1.02. The SMILES string of the molecule is O=C1CC(=O)NC(SCC(=O)Nc2cccc3ccccc23)=N1. The summed E-state index contributed by atoms with van der Waals surface area (Å²) in [5.74, 6) is -1.08. The van der Waals surface area contributed by atoms with Crippen LogP contribution in [-0.2, 0) is 14.4 Å². The van der Waals surface area contributed by atoms with E-state index in [2.05, 4.69) is 15.6 Å². The molecule has 1 aliphatic heterocycles. The average Bonchev–Trinajstić information content (AvgIpc) is 2.52. The monoisotopic (exact) mass is 327 g/mol. The highest BCUT2D eigenvalue weighted by atomic mass is 32.2. The van der Waals surface area contributed by atoms with Gasteiger partial charge in [0.1, 0.15) is 6.42 Å². The lowest BCUT2D eigenvalue weighted by atomic mass is 10.1. The molecule has 0 radical (unpaired) electrons. The van der Waals surface area contributed by atoms with Crippen molar-refractivity contribution in [2.24, 2.45) is 4.99 Å². The van der Waals surface area contributed by atoms with Gasteiger partial charge in [-0.2, -0.15) is 4.99 Å². The minimum absolute atomic E-state index is 0.0512. The summed E-state index contributed by atoms with van der Waals surface area (Å²) in [5, 5.41) is 7.45. The van der Waals surface area contributed by atoms with Gasteiger partial charge in [-0.05, 0) is 11.5 Å². The number of amides is 3. The Bertz CT molecular complexity index is 827. The highest BCUT2D eigenvalue weighted by Crippen LogP contribution is 2.23. The number of thioether (sulfide) groups is 1. The van der Waals surface area contributed by atoms with Crippen molar-refractivity contribution in [1.29, 1.82) is 0 Å². The average molecular weight is 327 g/mol. The van der Waals surface area contributed by atoms with E-state index in [4.69, 9.17) is 0 Å². The van der Waals surface area contributed by atoms with Gasteiger partial charge < -0.3 is 10.6 Å². The Kier molecular flexibility index (Phi) is 4.38. The zero-order valence-corrected chi connectivity index (χ0v) is 12.9. The predicted molar refractivity (Wildman–Crippen MR) is 90.2 cm³/mol. The summed E-state index contributed by atoms with van der Waals surface area (Å²) in [5.41, 5.74) is 0.722. The van der Waals surface area contributed by atoms with Gasteiger partial charge in [-0.25, -0.2) is 0 Å². The third-order valence-corrected chi connectivity index (χ3v) is 4.06. The van der Waals surface area contributed by atoms with Crippen molar-refractivity contribution in [3.63, 3.8) is 0 Å². The maximum absolute atomic E-state index is 12.1. The molecule has 7 heteroatoms. The number of carbonyl (C=O) groups is 3. The molecule has 0 spiro atoms. The number of anilines is 1. The number of aliphatic imine (C=N–C) groups is 1. The molecule has 3 rings (SSSR count). The number of amidine groups is 1. The van der Waals surface area contributed by atoms with Crippen LogP contribution in [0, 0.1) is 0 Å². The molecule has 1 aliphatic rings. The normalized spacial score (nSPS) is 14.3. The van der Waals surface area contributed by atoms with Crippen LogP contribution in [0.2, 0.25) is 0 Å². The van der Waals surface area contributed by atoms with Crippen LogP contribution in [0.15, 0.2) is 47.5 Å². The first-order chi connectivity index (χ1) is 11.1. The fourth-order valence-electron chi connectivity index (χ4n) is 2.20. The van der Waals surface area contributed by atoms with Crippen LogP contribution in [0.4, 0.5) is 5.69 Å². The zero-order chi connectivity index (χ0) is 16.2. The maximum Gasteiger partial charge on any atom is 0.257 e. The standard InChI is InChI=1S/C16H13N3O3S/c20-13-8-14(21)19-16(18-13)23-9-15(22)17-12-7-3-5-10-4-1-2-6-11(10)12/h1-7H,8-9H2,(H,17,22)(H,18,19,20,21). The van der Waals surface area contributed by atoms with Crippen molar-refractivity contribution < 1.29 is 14.4 Å². The molecular formula is C16H13N3O3S. The predicted octanol–water partition coefficient (Wildman–Crippen LogP) is 1.91. The van der Waals surface area contributed by atoms with E-state index in [1.807, 2.05) is 42.5 Å². The van der Waals surface area contributed by atoms with Crippen LogP contribution in [0.1, 0.15) is 6.42 Å². The molecule has 116 valence electrons. The van der Waals surface area contributed by atoms with Crippen LogP contribution in [0.3, 0.4) is 0 Å². The molecule has 0 fully saturated rings. The maximum atomic E-state index is 12.1.